The van der Waals surface area contributed by atoms with Crippen LogP contribution in [0, 0.1) is 5.92 Å². The van der Waals surface area contributed by atoms with Gasteiger partial charge in [-0.3, -0.25) is 10.1 Å². The van der Waals surface area contributed by atoms with Gasteiger partial charge in [0.15, 0.2) is 0 Å². The molecule has 0 spiro atoms. The standard InChI is InChI=1S/C26H33F2NO2/c1-25(2,3)31-24(30)23(21-16-10-11-17-26(27,28)18-21)29-22(19-12-6-4-7-13-19)20-14-8-5-9-15-20/h4-9,12-15,21-23,29H,10-11,16-18H2,1-3H3. The molecule has 2 aromatic carbocycles. The zero-order valence-electron chi connectivity index (χ0n) is 18.6. The summed E-state index contributed by atoms with van der Waals surface area (Å²) in [6.07, 6.45) is 1.31. The molecule has 2 unspecified atom stereocenters. The van der Waals surface area contributed by atoms with Crippen molar-refractivity contribution in [2.45, 2.75) is 76.5 Å². The van der Waals surface area contributed by atoms with Crippen molar-refractivity contribution < 1.29 is 18.3 Å². The third-order valence-corrected chi connectivity index (χ3v) is 5.67. The van der Waals surface area contributed by atoms with Crippen LogP contribution in [0.5, 0.6) is 0 Å². The first-order valence-corrected chi connectivity index (χ1v) is 11.1. The van der Waals surface area contributed by atoms with Crippen molar-refractivity contribution in [2.75, 3.05) is 0 Å². The number of ether oxygens (including phenoxy) is 1. The van der Waals surface area contributed by atoms with E-state index in [1.54, 1.807) is 20.8 Å². The minimum Gasteiger partial charge on any atom is -0.459 e. The Bertz CT molecular complexity index is 794. The van der Waals surface area contributed by atoms with Gasteiger partial charge in [0.2, 0.25) is 5.92 Å². The zero-order chi connectivity index (χ0) is 22.5. The van der Waals surface area contributed by atoms with E-state index < -0.39 is 29.5 Å². The minimum absolute atomic E-state index is 0.120. The van der Waals surface area contributed by atoms with Gasteiger partial charge in [-0.1, -0.05) is 67.1 Å². The molecule has 168 valence electrons. The molecule has 1 saturated carbocycles. The lowest BCUT2D eigenvalue weighted by Crippen LogP contribution is -2.48. The number of benzene rings is 2. The number of carbonyl (C=O) groups excluding carboxylic acids is 1. The largest absolute Gasteiger partial charge is 0.459 e. The summed E-state index contributed by atoms with van der Waals surface area (Å²) in [6.45, 7) is 5.40. The van der Waals surface area contributed by atoms with Gasteiger partial charge in [-0.15, -0.1) is 0 Å². The lowest BCUT2D eigenvalue weighted by molar-refractivity contribution is -0.160. The van der Waals surface area contributed by atoms with Crippen LogP contribution in [0.2, 0.25) is 0 Å². The normalized spacial score (nSPS) is 20.1. The molecular weight excluding hydrogens is 396 g/mol. The van der Waals surface area contributed by atoms with Gasteiger partial charge < -0.3 is 4.74 Å². The molecule has 0 heterocycles. The summed E-state index contributed by atoms with van der Waals surface area (Å²) in [6, 6.07) is 18.4. The predicted molar refractivity (Wildman–Crippen MR) is 119 cm³/mol. The van der Waals surface area contributed by atoms with Crippen molar-refractivity contribution in [1.82, 2.24) is 5.32 Å². The Kier molecular flexibility index (Phi) is 7.47. The van der Waals surface area contributed by atoms with E-state index >= 15 is 0 Å². The van der Waals surface area contributed by atoms with Crippen LogP contribution in [-0.2, 0) is 9.53 Å². The Labute approximate surface area is 184 Å². The number of hydrogen-bond donors (Lipinski definition) is 1. The number of rotatable bonds is 6. The maximum atomic E-state index is 14.5. The molecule has 2 aromatic rings. The number of carbonyl (C=O) groups is 1. The molecule has 1 aliphatic carbocycles. The molecule has 1 aliphatic rings. The fraction of sp³-hybridized carbons (Fsp3) is 0.500. The van der Waals surface area contributed by atoms with Gasteiger partial charge in [0.1, 0.15) is 11.6 Å². The van der Waals surface area contributed by atoms with Gasteiger partial charge in [-0.2, -0.15) is 0 Å². The Morgan fingerprint density at radius 2 is 1.55 bits per heavy atom. The highest BCUT2D eigenvalue weighted by molar-refractivity contribution is 5.77. The molecule has 3 nitrogen and oxygen atoms in total. The van der Waals surface area contributed by atoms with Crippen LogP contribution in [0.4, 0.5) is 8.78 Å². The molecule has 1 fully saturated rings. The van der Waals surface area contributed by atoms with E-state index in [0.717, 1.165) is 11.1 Å². The summed E-state index contributed by atoms with van der Waals surface area (Å²) in [7, 11) is 0. The van der Waals surface area contributed by atoms with Crippen LogP contribution in [0.25, 0.3) is 0 Å². The first-order chi connectivity index (χ1) is 14.6. The van der Waals surface area contributed by atoms with Crippen LogP contribution < -0.4 is 5.32 Å². The fourth-order valence-corrected chi connectivity index (χ4v) is 4.28. The van der Waals surface area contributed by atoms with Gasteiger partial charge in [0.05, 0.1) is 6.04 Å². The van der Waals surface area contributed by atoms with Crippen molar-refractivity contribution in [3.63, 3.8) is 0 Å². The first kappa shape index (κ1) is 23.4. The average molecular weight is 430 g/mol. The van der Waals surface area contributed by atoms with Gasteiger partial charge in [-0.05, 0) is 50.7 Å². The van der Waals surface area contributed by atoms with E-state index in [2.05, 4.69) is 5.32 Å². The summed E-state index contributed by atoms with van der Waals surface area (Å²) in [5, 5.41) is 3.44. The third-order valence-electron chi connectivity index (χ3n) is 5.67. The Morgan fingerprint density at radius 1 is 1.00 bits per heavy atom. The van der Waals surface area contributed by atoms with E-state index in [4.69, 9.17) is 4.74 Å². The van der Waals surface area contributed by atoms with Crippen molar-refractivity contribution >= 4 is 5.97 Å². The molecule has 0 aliphatic heterocycles. The number of halogens is 2. The van der Waals surface area contributed by atoms with Crippen LogP contribution in [0.1, 0.15) is 70.0 Å². The summed E-state index contributed by atoms with van der Waals surface area (Å²) in [5.41, 5.74) is 1.25. The highest BCUT2D eigenvalue weighted by atomic mass is 19.3. The maximum absolute atomic E-state index is 14.5. The second-order valence-electron chi connectivity index (χ2n) is 9.50. The lowest BCUT2D eigenvalue weighted by atomic mass is 9.88. The maximum Gasteiger partial charge on any atom is 0.323 e. The second-order valence-corrected chi connectivity index (χ2v) is 9.50. The predicted octanol–water partition coefficient (Wildman–Crippen LogP) is 6.29. The molecule has 0 bridgehead atoms. The van der Waals surface area contributed by atoms with E-state index in [1.807, 2.05) is 60.7 Å². The smallest absolute Gasteiger partial charge is 0.323 e. The topological polar surface area (TPSA) is 38.3 Å². The summed E-state index contributed by atoms with van der Waals surface area (Å²) >= 11 is 0. The van der Waals surface area contributed by atoms with Crippen LogP contribution in [-0.4, -0.2) is 23.5 Å². The van der Waals surface area contributed by atoms with E-state index in [0.29, 0.717) is 19.3 Å². The van der Waals surface area contributed by atoms with Crippen LogP contribution in [0.3, 0.4) is 0 Å². The molecule has 3 rings (SSSR count). The number of hydrogen-bond acceptors (Lipinski definition) is 3. The quantitative estimate of drug-likeness (QED) is 0.433. The lowest BCUT2D eigenvalue weighted by Gasteiger charge is -2.33. The van der Waals surface area contributed by atoms with Gasteiger partial charge in [0, 0.05) is 12.8 Å². The molecule has 1 N–H and O–H groups in total. The molecule has 31 heavy (non-hydrogen) atoms. The van der Waals surface area contributed by atoms with E-state index in [9.17, 15) is 13.6 Å². The van der Waals surface area contributed by atoms with E-state index in [-0.39, 0.29) is 18.9 Å². The number of alkyl halides is 2. The summed E-state index contributed by atoms with van der Waals surface area (Å²) in [5.74, 6) is -3.73. The SMILES string of the molecule is CC(C)(C)OC(=O)C(NC(c1ccccc1)c1ccccc1)C1CCCCC(F)(F)C1. The fourth-order valence-electron chi connectivity index (χ4n) is 4.28. The molecule has 5 heteroatoms. The minimum atomic E-state index is -2.77. The van der Waals surface area contributed by atoms with Gasteiger partial charge >= 0.3 is 5.97 Å². The van der Waals surface area contributed by atoms with Gasteiger partial charge in [0.25, 0.3) is 0 Å². The molecule has 2 atom stereocenters. The third kappa shape index (κ3) is 6.86. The monoisotopic (exact) mass is 429 g/mol. The number of nitrogens with one attached hydrogen (secondary N) is 1. The van der Waals surface area contributed by atoms with Crippen molar-refractivity contribution in [3.05, 3.63) is 71.8 Å². The van der Waals surface area contributed by atoms with Gasteiger partial charge in [-0.25, -0.2) is 8.78 Å². The Morgan fingerprint density at radius 3 is 2.06 bits per heavy atom. The van der Waals surface area contributed by atoms with Crippen molar-refractivity contribution in [2.24, 2.45) is 5.92 Å². The summed E-state index contributed by atoms with van der Waals surface area (Å²) < 4.78 is 34.6. The zero-order valence-corrected chi connectivity index (χ0v) is 18.6. The first-order valence-electron chi connectivity index (χ1n) is 11.1. The second kappa shape index (κ2) is 9.90. The van der Waals surface area contributed by atoms with Crippen molar-refractivity contribution in [3.8, 4) is 0 Å². The molecule has 0 aromatic heterocycles. The number of esters is 1. The molecular formula is C26H33F2NO2. The summed E-state index contributed by atoms with van der Waals surface area (Å²) in [4.78, 5) is 13.2. The highest BCUT2D eigenvalue weighted by Crippen LogP contribution is 2.38. The van der Waals surface area contributed by atoms with Crippen LogP contribution >= 0.6 is 0 Å². The average Bonchev–Trinajstić information content (AvgIpc) is 2.89. The highest BCUT2D eigenvalue weighted by Gasteiger charge is 2.42. The Hall–Kier alpha value is -2.27. The Balaban J connectivity index is 1.97. The molecule has 0 amide bonds. The molecule has 0 saturated heterocycles. The van der Waals surface area contributed by atoms with E-state index in [1.165, 1.54) is 0 Å². The van der Waals surface area contributed by atoms with Crippen LogP contribution in [0.15, 0.2) is 60.7 Å². The van der Waals surface area contributed by atoms with Crippen molar-refractivity contribution in [1.29, 1.82) is 0 Å². The molecule has 0 radical (unpaired) electrons.